The highest BCUT2D eigenvalue weighted by Crippen LogP contribution is 2.31. The Morgan fingerprint density at radius 2 is 2.05 bits per heavy atom. The Labute approximate surface area is 122 Å². The Kier molecular flexibility index (Phi) is 4.64. The second-order valence-corrected chi connectivity index (χ2v) is 8.09. The summed E-state index contributed by atoms with van der Waals surface area (Å²) in [6.45, 7) is 0.452. The van der Waals surface area contributed by atoms with Crippen LogP contribution in [0.5, 0.6) is 5.88 Å². The minimum Gasteiger partial charge on any atom is -0.476 e. The molecule has 1 amide bonds. The van der Waals surface area contributed by atoms with Gasteiger partial charge in [0.25, 0.3) is 5.91 Å². The molecule has 0 aromatic carbocycles. The van der Waals surface area contributed by atoms with Gasteiger partial charge in [-0.05, 0) is 30.3 Å². The maximum absolute atomic E-state index is 11.6. The van der Waals surface area contributed by atoms with E-state index in [9.17, 15) is 13.2 Å². The van der Waals surface area contributed by atoms with E-state index in [-0.39, 0.29) is 15.7 Å². The van der Waals surface area contributed by atoms with Crippen molar-refractivity contribution >= 4 is 27.3 Å². The van der Waals surface area contributed by atoms with Gasteiger partial charge in [-0.3, -0.25) is 4.79 Å². The van der Waals surface area contributed by atoms with Gasteiger partial charge in [0, 0.05) is 6.26 Å². The molecular formula is C12H18N2O4S2. The first-order valence-corrected chi connectivity index (χ1v) is 9.18. The van der Waals surface area contributed by atoms with E-state index in [0.717, 1.165) is 30.6 Å². The SMILES string of the molecule is CS(=O)(=O)c1snc(OCC2CCCCC2)c1C(N)=O. The van der Waals surface area contributed by atoms with Gasteiger partial charge in [-0.1, -0.05) is 19.3 Å². The molecule has 1 fully saturated rings. The molecule has 6 nitrogen and oxygen atoms in total. The lowest BCUT2D eigenvalue weighted by Gasteiger charge is -2.21. The summed E-state index contributed by atoms with van der Waals surface area (Å²) in [6, 6.07) is 0. The fourth-order valence-corrected chi connectivity index (χ4v) is 4.17. The van der Waals surface area contributed by atoms with Gasteiger partial charge < -0.3 is 10.5 Å². The predicted molar refractivity (Wildman–Crippen MR) is 75.8 cm³/mol. The molecule has 1 heterocycles. The van der Waals surface area contributed by atoms with E-state index in [1.54, 1.807) is 0 Å². The lowest BCUT2D eigenvalue weighted by Crippen LogP contribution is -2.19. The molecule has 20 heavy (non-hydrogen) atoms. The normalized spacial score (nSPS) is 17.1. The van der Waals surface area contributed by atoms with E-state index in [4.69, 9.17) is 10.5 Å². The minimum atomic E-state index is -3.53. The van der Waals surface area contributed by atoms with Crippen molar-refractivity contribution in [2.75, 3.05) is 12.9 Å². The Morgan fingerprint density at radius 3 is 2.60 bits per heavy atom. The van der Waals surface area contributed by atoms with Crippen LogP contribution < -0.4 is 10.5 Å². The summed E-state index contributed by atoms with van der Waals surface area (Å²) < 4.78 is 32.5. The van der Waals surface area contributed by atoms with E-state index < -0.39 is 15.7 Å². The predicted octanol–water partition coefficient (Wildman–Crippen LogP) is 1.60. The zero-order chi connectivity index (χ0) is 14.8. The summed E-state index contributed by atoms with van der Waals surface area (Å²) in [5, 5.41) is 0. The molecule has 1 aromatic rings. The first-order valence-electron chi connectivity index (χ1n) is 6.52. The molecule has 0 spiro atoms. The average molecular weight is 318 g/mol. The third kappa shape index (κ3) is 3.49. The van der Waals surface area contributed by atoms with Crippen LogP contribution in [-0.4, -0.2) is 31.6 Å². The molecule has 112 valence electrons. The van der Waals surface area contributed by atoms with E-state index in [1.165, 1.54) is 19.3 Å². The quantitative estimate of drug-likeness (QED) is 0.889. The Balaban J connectivity index is 2.15. The highest BCUT2D eigenvalue weighted by Gasteiger charge is 2.27. The summed E-state index contributed by atoms with van der Waals surface area (Å²) in [6.07, 6.45) is 6.82. The first-order chi connectivity index (χ1) is 9.39. The lowest BCUT2D eigenvalue weighted by molar-refractivity contribution is 0.0991. The molecule has 0 unspecified atom stereocenters. The Morgan fingerprint density at radius 1 is 1.40 bits per heavy atom. The van der Waals surface area contributed by atoms with Crippen molar-refractivity contribution in [2.45, 2.75) is 36.3 Å². The largest absolute Gasteiger partial charge is 0.476 e. The van der Waals surface area contributed by atoms with Crippen molar-refractivity contribution < 1.29 is 17.9 Å². The number of nitrogens with zero attached hydrogens (tertiary/aromatic N) is 1. The van der Waals surface area contributed by atoms with Crippen molar-refractivity contribution in [1.82, 2.24) is 4.37 Å². The molecule has 1 aliphatic carbocycles. The second kappa shape index (κ2) is 6.09. The zero-order valence-corrected chi connectivity index (χ0v) is 12.9. The maximum atomic E-state index is 11.6. The van der Waals surface area contributed by atoms with E-state index in [1.807, 2.05) is 0 Å². The van der Waals surface area contributed by atoms with E-state index in [2.05, 4.69) is 4.37 Å². The molecule has 1 saturated carbocycles. The molecular weight excluding hydrogens is 300 g/mol. The van der Waals surface area contributed by atoms with E-state index in [0.29, 0.717) is 12.5 Å². The number of primary amides is 1. The van der Waals surface area contributed by atoms with Crippen molar-refractivity contribution in [3.8, 4) is 5.88 Å². The number of rotatable bonds is 5. The standard InChI is InChI=1S/C12H18N2O4S2/c1-20(16,17)12-9(10(13)15)11(14-19-12)18-7-8-5-3-2-4-6-8/h8H,2-7H2,1H3,(H2,13,15). The molecule has 2 rings (SSSR count). The molecule has 0 saturated heterocycles. The van der Waals surface area contributed by atoms with Crippen LogP contribution in [-0.2, 0) is 9.84 Å². The average Bonchev–Trinajstić information content (AvgIpc) is 2.81. The monoisotopic (exact) mass is 318 g/mol. The third-order valence-electron chi connectivity index (χ3n) is 3.39. The number of aromatic nitrogens is 1. The van der Waals surface area contributed by atoms with Crippen LogP contribution >= 0.6 is 11.5 Å². The van der Waals surface area contributed by atoms with Gasteiger partial charge in [0.1, 0.15) is 5.56 Å². The Hall–Kier alpha value is -1.15. The second-order valence-electron chi connectivity index (χ2n) is 5.10. The van der Waals surface area contributed by atoms with Crippen LogP contribution in [0.2, 0.25) is 0 Å². The third-order valence-corrected chi connectivity index (χ3v) is 6.03. The smallest absolute Gasteiger partial charge is 0.256 e. The van der Waals surface area contributed by atoms with Gasteiger partial charge in [0.05, 0.1) is 6.61 Å². The summed E-state index contributed by atoms with van der Waals surface area (Å²) in [7, 11) is -3.53. The molecule has 8 heteroatoms. The lowest BCUT2D eigenvalue weighted by atomic mass is 9.90. The molecule has 1 aliphatic rings. The fourth-order valence-electron chi connectivity index (χ4n) is 2.37. The molecule has 0 bridgehead atoms. The summed E-state index contributed by atoms with van der Waals surface area (Å²) >= 11 is 0.734. The van der Waals surface area contributed by atoms with Gasteiger partial charge in [-0.25, -0.2) is 8.42 Å². The van der Waals surface area contributed by atoms with Crippen LogP contribution in [0, 0.1) is 5.92 Å². The maximum Gasteiger partial charge on any atom is 0.256 e. The topological polar surface area (TPSA) is 99.3 Å². The van der Waals surface area contributed by atoms with Gasteiger partial charge in [-0.2, -0.15) is 4.37 Å². The molecule has 0 radical (unpaired) electrons. The number of hydrogen-bond donors (Lipinski definition) is 1. The number of amides is 1. The van der Waals surface area contributed by atoms with Crippen molar-refractivity contribution in [3.63, 3.8) is 0 Å². The molecule has 1 aromatic heterocycles. The zero-order valence-electron chi connectivity index (χ0n) is 11.3. The molecule has 2 N–H and O–H groups in total. The summed E-state index contributed by atoms with van der Waals surface area (Å²) in [4.78, 5) is 11.4. The van der Waals surface area contributed by atoms with Gasteiger partial charge >= 0.3 is 0 Å². The van der Waals surface area contributed by atoms with Crippen LogP contribution in [0.25, 0.3) is 0 Å². The number of carbonyl (C=O) groups excluding carboxylic acids is 1. The van der Waals surface area contributed by atoms with Crippen molar-refractivity contribution in [2.24, 2.45) is 11.7 Å². The molecule has 0 aliphatic heterocycles. The highest BCUT2D eigenvalue weighted by atomic mass is 32.2. The Bertz CT molecular complexity index is 589. The van der Waals surface area contributed by atoms with Crippen molar-refractivity contribution in [1.29, 1.82) is 0 Å². The number of nitrogens with two attached hydrogens (primary N) is 1. The van der Waals surface area contributed by atoms with Crippen molar-refractivity contribution in [3.05, 3.63) is 5.56 Å². The van der Waals surface area contributed by atoms with Crippen LogP contribution in [0.4, 0.5) is 0 Å². The summed E-state index contributed by atoms with van der Waals surface area (Å²) in [5.41, 5.74) is 5.13. The van der Waals surface area contributed by atoms with Crippen LogP contribution in [0.1, 0.15) is 42.5 Å². The number of carbonyl (C=O) groups is 1. The van der Waals surface area contributed by atoms with E-state index >= 15 is 0 Å². The number of sulfone groups is 1. The molecule has 0 atom stereocenters. The van der Waals surface area contributed by atoms with Crippen LogP contribution in [0.3, 0.4) is 0 Å². The first kappa shape index (κ1) is 15.2. The van der Waals surface area contributed by atoms with Crippen LogP contribution in [0.15, 0.2) is 4.21 Å². The number of ether oxygens (including phenoxy) is 1. The minimum absolute atomic E-state index is 0.0495. The van der Waals surface area contributed by atoms with Gasteiger partial charge in [-0.15, -0.1) is 0 Å². The highest BCUT2D eigenvalue weighted by molar-refractivity contribution is 7.92. The fraction of sp³-hybridized carbons (Fsp3) is 0.667. The number of hydrogen-bond acceptors (Lipinski definition) is 6. The van der Waals surface area contributed by atoms with Gasteiger partial charge in [0.2, 0.25) is 5.88 Å². The summed E-state index contributed by atoms with van der Waals surface area (Å²) in [5.74, 6) is -0.334. The van der Waals surface area contributed by atoms with Gasteiger partial charge in [0.15, 0.2) is 14.0 Å².